The molecular weight excluding hydrogens is 250 g/mol. The molecule has 2 unspecified atom stereocenters. The first-order valence-electron chi connectivity index (χ1n) is 5.92. The van der Waals surface area contributed by atoms with E-state index in [-0.39, 0.29) is 13.0 Å². The number of aliphatic hydroxyl groups excluding tert-OH is 1. The van der Waals surface area contributed by atoms with Crippen LogP contribution in [0.3, 0.4) is 0 Å². The van der Waals surface area contributed by atoms with Crippen molar-refractivity contribution < 1.29 is 24.5 Å². The van der Waals surface area contributed by atoms with Gasteiger partial charge in [-0.2, -0.15) is 0 Å². The van der Waals surface area contributed by atoms with Gasteiger partial charge in [0.2, 0.25) is 0 Å². The first-order valence-corrected chi connectivity index (χ1v) is 5.92. The van der Waals surface area contributed by atoms with Gasteiger partial charge in [-0.15, -0.1) is 0 Å². The molecule has 0 radical (unpaired) electrons. The van der Waals surface area contributed by atoms with Crippen LogP contribution in [0, 0.1) is 0 Å². The zero-order valence-electron chi connectivity index (χ0n) is 10.6. The van der Waals surface area contributed by atoms with Crippen molar-refractivity contribution in [2.75, 3.05) is 0 Å². The van der Waals surface area contributed by atoms with E-state index in [2.05, 4.69) is 5.32 Å². The lowest BCUT2D eigenvalue weighted by Gasteiger charge is -2.19. The number of benzene rings is 1. The van der Waals surface area contributed by atoms with Crippen LogP contribution in [0.4, 0.5) is 4.79 Å². The van der Waals surface area contributed by atoms with E-state index in [1.165, 1.54) is 0 Å². The summed E-state index contributed by atoms with van der Waals surface area (Å²) in [5.41, 5.74) is 0.824. The van der Waals surface area contributed by atoms with Crippen LogP contribution in [0.5, 0.6) is 0 Å². The van der Waals surface area contributed by atoms with Crippen LogP contribution >= 0.6 is 0 Å². The maximum absolute atomic E-state index is 11.5. The highest BCUT2D eigenvalue weighted by Gasteiger charge is 2.26. The van der Waals surface area contributed by atoms with Gasteiger partial charge in [0.05, 0.1) is 6.04 Å². The molecule has 3 N–H and O–H groups in total. The van der Waals surface area contributed by atoms with Gasteiger partial charge in [-0.3, -0.25) is 0 Å². The summed E-state index contributed by atoms with van der Waals surface area (Å²) in [6.07, 6.45) is -2.11. The van der Waals surface area contributed by atoms with Gasteiger partial charge in [0.15, 0.2) is 6.10 Å². The number of nitrogens with one attached hydrogen (secondary N) is 1. The molecule has 0 aliphatic rings. The van der Waals surface area contributed by atoms with E-state index < -0.39 is 24.2 Å². The largest absolute Gasteiger partial charge is 0.479 e. The highest BCUT2D eigenvalue weighted by Crippen LogP contribution is 2.03. The minimum absolute atomic E-state index is 0.0896. The van der Waals surface area contributed by atoms with Crippen molar-refractivity contribution >= 4 is 12.1 Å². The Kier molecular flexibility index (Phi) is 5.81. The van der Waals surface area contributed by atoms with Crippen LogP contribution in [-0.4, -0.2) is 34.4 Å². The van der Waals surface area contributed by atoms with Crippen molar-refractivity contribution in [3.8, 4) is 0 Å². The molecule has 6 nitrogen and oxygen atoms in total. The van der Waals surface area contributed by atoms with Gasteiger partial charge in [-0.25, -0.2) is 9.59 Å². The summed E-state index contributed by atoms with van der Waals surface area (Å²) in [4.78, 5) is 22.1. The number of rotatable bonds is 6. The molecule has 2 atom stereocenters. The quantitative estimate of drug-likeness (QED) is 0.718. The molecule has 1 aromatic rings. The average Bonchev–Trinajstić information content (AvgIpc) is 2.42. The number of aliphatic carboxylic acids is 1. The number of hydrogen-bond acceptors (Lipinski definition) is 4. The minimum Gasteiger partial charge on any atom is -0.479 e. The number of ether oxygens (including phenoxy) is 1. The second-order valence-electron chi connectivity index (χ2n) is 4.00. The van der Waals surface area contributed by atoms with Crippen LogP contribution in [0.25, 0.3) is 0 Å². The Morgan fingerprint density at radius 3 is 2.47 bits per heavy atom. The molecule has 0 fully saturated rings. The third-order valence-electron chi connectivity index (χ3n) is 2.59. The number of carboxylic acid groups (broad SMARTS) is 1. The van der Waals surface area contributed by atoms with Crippen molar-refractivity contribution in [1.82, 2.24) is 5.32 Å². The smallest absolute Gasteiger partial charge is 0.407 e. The lowest BCUT2D eigenvalue weighted by atomic mass is 10.1. The predicted octanol–water partition coefficient (Wildman–Crippen LogP) is 1.14. The molecule has 104 valence electrons. The summed E-state index contributed by atoms with van der Waals surface area (Å²) in [5.74, 6) is -1.38. The van der Waals surface area contributed by atoms with E-state index in [1.807, 2.05) is 18.2 Å². The minimum atomic E-state index is -1.64. The van der Waals surface area contributed by atoms with Gasteiger partial charge in [0, 0.05) is 0 Å². The number of hydrogen-bond donors (Lipinski definition) is 3. The predicted molar refractivity (Wildman–Crippen MR) is 67.5 cm³/mol. The molecule has 1 aromatic carbocycles. The van der Waals surface area contributed by atoms with Gasteiger partial charge in [-0.1, -0.05) is 37.3 Å². The van der Waals surface area contributed by atoms with Crippen LogP contribution in [0.2, 0.25) is 0 Å². The van der Waals surface area contributed by atoms with Gasteiger partial charge in [0.1, 0.15) is 6.61 Å². The molecule has 6 heteroatoms. The number of carbonyl (C=O) groups is 2. The molecule has 0 heterocycles. The third-order valence-corrected chi connectivity index (χ3v) is 2.59. The number of carboxylic acids is 1. The lowest BCUT2D eigenvalue weighted by molar-refractivity contribution is -0.148. The van der Waals surface area contributed by atoms with E-state index in [0.717, 1.165) is 5.56 Å². The highest BCUT2D eigenvalue weighted by molar-refractivity contribution is 5.75. The molecule has 0 saturated carbocycles. The number of aliphatic hydroxyl groups is 1. The zero-order valence-corrected chi connectivity index (χ0v) is 10.6. The van der Waals surface area contributed by atoms with E-state index in [1.54, 1.807) is 19.1 Å². The standard InChI is InChI=1S/C13H17NO5/c1-2-10(11(15)12(16)17)14-13(18)19-8-9-6-4-3-5-7-9/h3-7,10-11,15H,2,8H2,1H3,(H,14,18)(H,16,17). The van der Waals surface area contributed by atoms with Crippen LogP contribution in [0.15, 0.2) is 30.3 Å². The molecule has 0 aliphatic carbocycles. The fourth-order valence-electron chi connectivity index (χ4n) is 1.49. The normalized spacial score (nSPS) is 13.4. The Labute approximate surface area is 111 Å². The summed E-state index contributed by atoms with van der Waals surface area (Å²) in [7, 11) is 0. The molecule has 0 spiro atoms. The second-order valence-corrected chi connectivity index (χ2v) is 4.00. The molecule has 0 aromatic heterocycles. The summed E-state index contributed by atoms with van der Waals surface area (Å²) >= 11 is 0. The summed E-state index contributed by atoms with van der Waals surface area (Å²) in [5, 5.41) is 20.3. The topological polar surface area (TPSA) is 95.9 Å². The highest BCUT2D eigenvalue weighted by atomic mass is 16.5. The van der Waals surface area contributed by atoms with E-state index in [0.29, 0.717) is 0 Å². The number of alkyl carbamates (subject to hydrolysis) is 1. The number of amides is 1. The Hall–Kier alpha value is -2.08. The lowest BCUT2D eigenvalue weighted by Crippen LogP contribution is -2.46. The Morgan fingerprint density at radius 1 is 1.32 bits per heavy atom. The van der Waals surface area contributed by atoms with Crippen molar-refractivity contribution in [2.24, 2.45) is 0 Å². The molecule has 0 aliphatic heterocycles. The van der Waals surface area contributed by atoms with Crippen molar-refractivity contribution in [1.29, 1.82) is 0 Å². The molecule has 0 saturated heterocycles. The number of carbonyl (C=O) groups excluding carboxylic acids is 1. The Morgan fingerprint density at radius 2 is 1.95 bits per heavy atom. The maximum Gasteiger partial charge on any atom is 0.407 e. The molecule has 1 rings (SSSR count). The second kappa shape index (κ2) is 7.38. The van der Waals surface area contributed by atoms with Crippen molar-refractivity contribution in [3.63, 3.8) is 0 Å². The Balaban J connectivity index is 2.43. The summed E-state index contributed by atoms with van der Waals surface area (Å²) in [6.45, 7) is 1.75. The summed E-state index contributed by atoms with van der Waals surface area (Å²) < 4.78 is 4.94. The third kappa shape index (κ3) is 4.97. The fraction of sp³-hybridized carbons (Fsp3) is 0.385. The monoisotopic (exact) mass is 267 g/mol. The molecule has 0 bridgehead atoms. The Bertz CT molecular complexity index is 420. The van der Waals surface area contributed by atoms with Crippen LogP contribution < -0.4 is 5.32 Å². The first-order chi connectivity index (χ1) is 9.04. The van der Waals surface area contributed by atoms with E-state index >= 15 is 0 Å². The van der Waals surface area contributed by atoms with Gasteiger partial charge < -0.3 is 20.3 Å². The van der Waals surface area contributed by atoms with Gasteiger partial charge in [0.25, 0.3) is 0 Å². The zero-order chi connectivity index (χ0) is 14.3. The van der Waals surface area contributed by atoms with Crippen LogP contribution in [-0.2, 0) is 16.1 Å². The average molecular weight is 267 g/mol. The van der Waals surface area contributed by atoms with Gasteiger partial charge in [-0.05, 0) is 12.0 Å². The van der Waals surface area contributed by atoms with Crippen LogP contribution in [0.1, 0.15) is 18.9 Å². The SMILES string of the molecule is CCC(NC(=O)OCc1ccccc1)C(O)C(=O)O. The molecule has 1 amide bonds. The van der Waals surface area contributed by atoms with Crippen molar-refractivity contribution in [3.05, 3.63) is 35.9 Å². The first kappa shape index (κ1) is 15.0. The van der Waals surface area contributed by atoms with Crippen molar-refractivity contribution in [2.45, 2.75) is 32.1 Å². The van der Waals surface area contributed by atoms with E-state index in [9.17, 15) is 14.7 Å². The van der Waals surface area contributed by atoms with E-state index in [4.69, 9.17) is 9.84 Å². The summed E-state index contributed by atoms with van der Waals surface area (Å²) in [6, 6.07) is 8.22. The van der Waals surface area contributed by atoms with Gasteiger partial charge >= 0.3 is 12.1 Å². The maximum atomic E-state index is 11.5. The molecular formula is C13H17NO5. The fourth-order valence-corrected chi connectivity index (χ4v) is 1.49. The molecule has 19 heavy (non-hydrogen) atoms.